The lowest BCUT2D eigenvalue weighted by Crippen LogP contribution is -2.34. The summed E-state index contributed by atoms with van der Waals surface area (Å²) in [6.45, 7) is 1.99. The highest BCUT2D eigenvalue weighted by Crippen LogP contribution is 2.46. The zero-order chi connectivity index (χ0) is 7.57. The monoisotopic (exact) mass is 172 g/mol. The molecule has 11 heavy (non-hydrogen) atoms. The van der Waals surface area contributed by atoms with Crippen LogP contribution in [0.3, 0.4) is 0 Å². The van der Waals surface area contributed by atoms with Crippen molar-refractivity contribution in [3.05, 3.63) is 0 Å². The quantitative estimate of drug-likeness (QED) is 0.554. The van der Waals surface area contributed by atoms with Crippen LogP contribution in [0, 0.1) is 5.41 Å². The highest BCUT2D eigenvalue weighted by molar-refractivity contribution is 7.99. The van der Waals surface area contributed by atoms with Gasteiger partial charge in [0.25, 0.3) is 0 Å². The molecule has 2 rings (SSSR count). The van der Waals surface area contributed by atoms with Gasteiger partial charge < -0.3 is 4.74 Å². The van der Waals surface area contributed by atoms with E-state index in [1.165, 1.54) is 37.2 Å². The smallest absolute Gasteiger partial charge is 0.0556 e. The number of rotatable bonds is 0. The van der Waals surface area contributed by atoms with Crippen molar-refractivity contribution in [2.75, 3.05) is 24.7 Å². The van der Waals surface area contributed by atoms with Gasteiger partial charge in [-0.15, -0.1) is 0 Å². The Morgan fingerprint density at radius 2 is 2.00 bits per heavy atom. The third kappa shape index (κ3) is 1.73. The van der Waals surface area contributed by atoms with Crippen molar-refractivity contribution >= 4 is 11.8 Å². The summed E-state index contributed by atoms with van der Waals surface area (Å²) in [5, 5.41) is 0. The first-order chi connectivity index (χ1) is 5.41. The van der Waals surface area contributed by atoms with Crippen LogP contribution in [0.5, 0.6) is 0 Å². The van der Waals surface area contributed by atoms with Crippen LogP contribution in [0.25, 0.3) is 0 Å². The number of hydrogen-bond donors (Lipinski definition) is 0. The zero-order valence-electron chi connectivity index (χ0n) is 6.97. The summed E-state index contributed by atoms with van der Waals surface area (Å²) in [7, 11) is 0. The first-order valence-corrected chi connectivity index (χ1v) is 5.72. The van der Waals surface area contributed by atoms with Gasteiger partial charge in [-0.25, -0.2) is 0 Å². The van der Waals surface area contributed by atoms with Gasteiger partial charge in [0.2, 0.25) is 0 Å². The van der Waals surface area contributed by atoms with E-state index in [1.807, 2.05) is 0 Å². The molecule has 1 saturated carbocycles. The van der Waals surface area contributed by atoms with Gasteiger partial charge in [0, 0.05) is 12.4 Å². The van der Waals surface area contributed by atoms with Gasteiger partial charge in [0.15, 0.2) is 0 Å². The molecule has 0 unspecified atom stereocenters. The van der Waals surface area contributed by atoms with E-state index in [-0.39, 0.29) is 0 Å². The molecule has 2 fully saturated rings. The van der Waals surface area contributed by atoms with Gasteiger partial charge in [0.1, 0.15) is 0 Å². The summed E-state index contributed by atoms with van der Waals surface area (Å²) in [5.41, 5.74) is 0.713. The minimum absolute atomic E-state index is 0.713. The lowest BCUT2D eigenvalue weighted by atomic mass is 9.68. The fraction of sp³-hybridized carbons (Fsp3) is 1.00. The Morgan fingerprint density at radius 3 is 2.73 bits per heavy atom. The van der Waals surface area contributed by atoms with E-state index >= 15 is 0 Å². The molecular formula is C9H16OS. The van der Waals surface area contributed by atoms with E-state index in [0.29, 0.717) is 5.41 Å². The Labute approximate surface area is 72.9 Å². The molecule has 0 N–H and O–H groups in total. The Bertz CT molecular complexity index is 122. The van der Waals surface area contributed by atoms with Gasteiger partial charge >= 0.3 is 0 Å². The molecule has 1 nitrogen and oxygen atoms in total. The summed E-state index contributed by atoms with van der Waals surface area (Å²) >= 11 is 2.09. The fourth-order valence-corrected chi connectivity index (χ4v) is 3.19. The Kier molecular flexibility index (Phi) is 2.42. The van der Waals surface area contributed by atoms with Gasteiger partial charge in [-0.1, -0.05) is 6.42 Å². The van der Waals surface area contributed by atoms with Crippen molar-refractivity contribution in [2.24, 2.45) is 5.41 Å². The van der Waals surface area contributed by atoms with Crippen molar-refractivity contribution < 1.29 is 4.74 Å². The Morgan fingerprint density at radius 1 is 1.09 bits per heavy atom. The van der Waals surface area contributed by atoms with Crippen LogP contribution in [0.1, 0.15) is 25.7 Å². The maximum atomic E-state index is 5.48. The van der Waals surface area contributed by atoms with E-state index in [4.69, 9.17) is 4.74 Å². The third-order valence-electron chi connectivity index (χ3n) is 2.97. The van der Waals surface area contributed by atoms with E-state index in [0.717, 1.165) is 13.2 Å². The second kappa shape index (κ2) is 3.36. The molecule has 0 atom stereocenters. The van der Waals surface area contributed by atoms with Crippen molar-refractivity contribution in [2.45, 2.75) is 25.7 Å². The SMILES string of the molecule is C1CC2(C1)CCOCCSC2. The van der Waals surface area contributed by atoms with Crippen molar-refractivity contribution in [3.8, 4) is 0 Å². The van der Waals surface area contributed by atoms with Crippen LogP contribution in [-0.4, -0.2) is 24.7 Å². The number of ether oxygens (including phenoxy) is 1. The summed E-state index contributed by atoms with van der Waals surface area (Å²) in [4.78, 5) is 0. The molecule has 1 saturated heterocycles. The van der Waals surface area contributed by atoms with Gasteiger partial charge in [0.05, 0.1) is 6.61 Å². The van der Waals surface area contributed by atoms with Crippen molar-refractivity contribution in [1.82, 2.24) is 0 Å². The van der Waals surface area contributed by atoms with Crippen LogP contribution in [-0.2, 0) is 4.74 Å². The van der Waals surface area contributed by atoms with E-state index in [1.54, 1.807) is 0 Å². The van der Waals surface area contributed by atoms with Crippen molar-refractivity contribution in [3.63, 3.8) is 0 Å². The van der Waals surface area contributed by atoms with Gasteiger partial charge in [-0.3, -0.25) is 0 Å². The standard InChI is InChI=1S/C9H16OS/c1-2-9(3-1)4-5-10-6-7-11-8-9/h1-8H2. The molecular weight excluding hydrogens is 156 g/mol. The minimum Gasteiger partial charge on any atom is -0.381 e. The maximum Gasteiger partial charge on any atom is 0.0556 e. The molecule has 0 amide bonds. The Hall–Kier alpha value is 0.310. The summed E-state index contributed by atoms with van der Waals surface area (Å²) in [5.74, 6) is 2.61. The van der Waals surface area contributed by atoms with Crippen LogP contribution in [0.2, 0.25) is 0 Å². The van der Waals surface area contributed by atoms with Crippen LogP contribution < -0.4 is 0 Å². The average molecular weight is 172 g/mol. The zero-order valence-corrected chi connectivity index (χ0v) is 7.79. The molecule has 2 heteroatoms. The van der Waals surface area contributed by atoms with Gasteiger partial charge in [-0.2, -0.15) is 11.8 Å². The second-order valence-corrected chi connectivity index (χ2v) is 4.87. The Balaban J connectivity index is 1.86. The molecule has 1 aliphatic carbocycles. The molecule has 0 aromatic rings. The molecule has 0 bridgehead atoms. The molecule has 1 aliphatic heterocycles. The molecule has 1 heterocycles. The molecule has 0 aromatic carbocycles. The molecule has 0 aromatic heterocycles. The lowest BCUT2D eigenvalue weighted by molar-refractivity contribution is 0.0679. The number of thioether (sulfide) groups is 1. The fourth-order valence-electron chi connectivity index (χ4n) is 1.94. The highest BCUT2D eigenvalue weighted by atomic mass is 32.2. The topological polar surface area (TPSA) is 9.23 Å². The molecule has 2 aliphatic rings. The minimum atomic E-state index is 0.713. The number of hydrogen-bond acceptors (Lipinski definition) is 2. The highest BCUT2D eigenvalue weighted by Gasteiger charge is 2.36. The predicted octanol–water partition coefficient (Wildman–Crippen LogP) is 2.31. The first kappa shape index (κ1) is 7.93. The summed E-state index contributed by atoms with van der Waals surface area (Å²) in [6.07, 6.45) is 5.70. The predicted molar refractivity (Wildman–Crippen MR) is 49.0 cm³/mol. The first-order valence-electron chi connectivity index (χ1n) is 4.57. The molecule has 0 radical (unpaired) electrons. The summed E-state index contributed by atoms with van der Waals surface area (Å²) < 4.78 is 5.48. The normalized spacial score (nSPS) is 30.5. The lowest BCUT2D eigenvalue weighted by Gasteiger charge is -2.42. The van der Waals surface area contributed by atoms with E-state index in [9.17, 15) is 0 Å². The van der Waals surface area contributed by atoms with Gasteiger partial charge in [-0.05, 0) is 30.4 Å². The van der Waals surface area contributed by atoms with Crippen molar-refractivity contribution in [1.29, 1.82) is 0 Å². The van der Waals surface area contributed by atoms with E-state index in [2.05, 4.69) is 11.8 Å². The van der Waals surface area contributed by atoms with Crippen LogP contribution in [0.15, 0.2) is 0 Å². The largest absolute Gasteiger partial charge is 0.381 e. The van der Waals surface area contributed by atoms with Crippen LogP contribution in [0.4, 0.5) is 0 Å². The maximum absolute atomic E-state index is 5.48. The van der Waals surface area contributed by atoms with Crippen LogP contribution >= 0.6 is 11.8 Å². The molecule has 1 spiro atoms. The molecule has 64 valence electrons. The summed E-state index contributed by atoms with van der Waals surface area (Å²) in [6, 6.07) is 0. The third-order valence-corrected chi connectivity index (χ3v) is 4.24. The second-order valence-electron chi connectivity index (χ2n) is 3.77. The van der Waals surface area contributed by atoms with E-state index < -0.39 is 0 Å². The average Bonchev–Trinajstić information content (AvgIpc) is 1.82.